The van der Waals surface area contributed by atoms with E-state index in [0.717, 1.165) is 14.6 Å². The Morgan fingerprint density at radius 1 is 1.55 bits per heavy atom. The van der Waals surface area contributed by atoms with E-state index in [2.05, 4.69) is 21.2 Å². The van der Waals surface area contributed by atoms with E-state index in [1.807, 2.05) is 25.1 Å². The molecule has 0 aliphatic rings. The van der Waals surface area contributed by atoms with Crippen molar-refractivity contribution in [2.75, 3.05) is 12.3 Å². The van der Waals surface area contributed by atoms with Gasteiger partial charge < -0.3 is 16.2 Å². The Labute approximate surface area is 130 Å². The number of amides is 1. The summed E-state index contributed by atoms with van der Waals surface area (Å²) in [5, 5.41) is 13.2. The van der Waals surface area contributed by atoms with Gasteiger partial charge in [0, 0.05) is 21.1 Å². The molecule has 20 heavy (non-hydrogen) atoms. The van der Waals surface area contributed by atoms with Crippen molar-refractivity contribution in [2.24, 2.45) is 0 Å². The molecule has 1 atom stereocenters. The molecule has 0 aliphatic carbocycles. The summed E-state index contributed by atoms with van der Waals surface area (Å²) >= 11 is 4.78. The Morgan fingerprint density at radius 3 is 3.00 bits per heavy atom. The minimum absolute atomic E-state index is 0.178. The van der Waals surface area contributed by atoms with Gasteiger partial charge in [0.2, 0.25) is 0 Å². The average molecular weight is 357 g/mol. The number of aliphatic hydroxyl groups is 1. The summed E-state index contributed by atoms with van der Waals surface area (Å²) in [6.45, 7) is 2.36. The Hall–Kier alpha value is -1.11. The maximum Gasteiger partial charge on any atom is 0.263 e. The Balaban J connectivity index is 2.12. The third-order valence-electron chi connectivity index (χ3n) is 3.13. The van der Waals surface area contributed by atoms with Crippen molar-refractivity contribution in [2.45, 2.75) is 25.9 Å². The number of nitrogens with two attached hydrogens (primary N) is 1. The standard InChI is InChI=1S/C14H17BrN2O2S/c1-2-9(18)5-6-17-14(19)13-12(16)10-7-8(15)3-4-11(10)20-13/h3-4,7,9,18H,2,5-6,16H2,1H3,(H,17,19). The quantitative estimate of drug-likeness (QED) is 0.770. The van der Waals surface area contributed by atoms with Crippen LogP contribution in [0.5, 0.6) is 0 Å². The van der Waals surface area contributed by atoms with Crippen LogP contribution in [0, 0.1) is 0 Å². The highest BCUT2D eigenvalue weighted by molar-refractivity contribution is 9.10. The van der Waals surface area contributed by atoms with Gasteiger partial charge in [0.25, 0.3) is 5.91 Å². The highest BCUT2D eigenvalue weighted by Crippen LogP contribution is 2.35. The number of nitrogens with one attached hydrogen (secondary N) is 1. The molecule has 0 aliphatic heterocycles. The number of halogens is 1. The van der Waals surface area contributed by atoms with Crippen LogP contribution in [-0.4, -0.2) is 23.7 Å². The second-order valence-electron chi connectivity index (χ2n) is 4.59. The largest absolute Gasteiger partial charge is 0.397 e. The van der Waals surface area contributed by atoms with Crippen molar-refractivity contribution < 1.29 is 9.90 Å². The number of fused-ring (bicyclic) bond motifs is 1. The van der Waals surface area contributed by atoms with Gasteiger partial charge >= 0.3 is 0 Å². The summed E-state index contributed by atoms with van der Waals surface area (Å²) < 4.78 is 1.93. The zero-order valence-electron chi connectivity index (χ0n) is 11.1. The number of nitrogen functional groups attached to an aromatic ring is 1. The predicted molar refractivity (Wildman–Crippen MR) is 87.2 cm³/mol. The molecule has 1 unspecified atom stereocenters. The summed E-state index contributed by atoms with van der Waals surface area (Å²) in [5.41, 5.74) is 6.56. The number of hydrogen-bond acceptors (Lipinski definition) is 4. The highest BCUT2D eigenvalue weighted by atomic mass is 79.9. The maximum atomic E-state index is 12.1. The molecule has 0 saturated heterocycles. The van der Waals surface area contributed by atoms with E-state index in [1.54, 1.807) is 0 Å². The first-order chi connectivity index (χ1) is 9.52. The first kappa shape index (κ1) is 15.3. The van der Waals surface area contributed by atoms with E-state index >= 15 is 0 Å². The lowest BCUT2D eigenvalue weighted by molar-refractivity contribution is 0.0947. The smallest absolute Gasteiger partial charge is 0.263 e. The normalized spacial score (nSPS) is 12.6. The number of rotatable bonds is 5. The topological polar surface area (TPSA) is 75.3 Å². The van der Waals surface area contributed by atoms with Gasteiger partial charge in [0.15, 0.2) is 0 Å². The van der Waals surface area contributed by atoms with E-state index in [-0.39, 0.29) is 12.0 Å². The summed E-state index contributed by atoms with van der Waals surface area (Å²) in [5.74, 6) is -0.178. The van der Waals surface area contributed by atoms with Crippen molar-refractivity contribution in [3.63, 3.8) is 0 Å². The fourth-order valence-corrected chi connectivity index (χ4v) is 3.28. The molecular formula is C14H17BrN2O2S. The number of anilines is 1. The minimum atomic E-state index is -0.369. The molecule has 0 saturated carbocycles. The first-order valence-electron chi connectivity index (χ1n) is 6.46. The number of carbonyl (C=O) groups excluding carboxylic acids is 1. The first-order valence-corrected chi connectivity index (χ1v) is 8.07. The van der Waals surface area contributed by atoms with Crippen LogP contribution in [-0.2, 0) is 0 Å². The van der Waals surface area contributed by atoms with Gasteiger partial charge in [-0.2, -0.15) is 0 Å². The van der Waals surface area contributed by atoms with Crippen LogP contribution < -0.4 is 11.1 Å². The van der Waals surface area contributed by atoms with E-state index in [0.29, 0.717) is 30.0 Å². The molecule has 0 spiro atoms. The van der Waals surface area contributed by atoms with Crippen LogP contribution in [0.15, 0.2) is 22.7 Å². The molecule has 0 bridgehead atoms. The molecule has 6 heteroatoms. The van der Waals surface area contributed by atoms with Crippen molar-refractivity contribution in [1.82, 2.24) is 5.32 Å². The molecule has 4 N–H and O–H groups in total. The van der Waals surface area contributed by atoms with Gasteiger partial charge in [0.1, 0.15) is 4.88 Å². The SMILES string of the molecule is CCC(O)CCNC(=O)c1sc2ccc(Br)cc2c1N. The van der Waals surface area contributed by atoms with Crippen LogP contribution >= 0.6 is 27.3 Å². The minimum Gasteiger partial charge on any atom is -0.397 e. The van der Waals surface area contributed by atoms with Crippen LogP contribution in [0.2, 0.25) is 0 Å². The molecule has 0 radical (unpaired) electrons. The summed E-state index contributed by atoms with van der Waals surface area (Å²) in [7, 11) is 0. The van der Waals surface area contributed by atoms with Gasteiger partial charge in [0.05, 0.1) is 11.8 Å². The zero-order chi connectivity index (χ0) is 14.7. The predicted octanol–water partition coefficient (Wildman–Crippen LogP) is 3.14. The Kier molecular flexibility index (Phi) is 5.01. The lowest BCUT2D eigenvalue weighted by Gasteiger charge is -2.08. The fraction of sp³-hybridized carbons (Fsp3) is 0.357. The van der Waals surface area contributed by atoms with Gasteiger partial charge in [-0.15, -0.1) is 11.3 Å². The fourth-order valence-electron chi connectivity index (χ4n) is 1.89. The van der Waals surface area contributed by atoms with Crippen LogP contribution in [0.3, 0.4) is 0 Å². The summed E-state index contributed by atoms with van der Waals surface area (Å²) in [4.78, 5) is 12.6. The van der Waals surface area contributed by atoms with E-state index in [4.69, 9.17) is 5.73 Å². The maximum absolute atomic E-state index is 12.1. The lowest BCUT2D eigenvalue weighted by Crippen LogP contribution is -2.26. The number of hydrogen-bond donors (Lipinski definition) is 3. The number of thiophene rings is 1. The molecule has 2 aromatic rings. The molecule has 0 fully saturated rings. The van der Waals surface area contributed by atoms with Gasteiger partial charge in [-0.05, 0) is 31.0 Å². The molecular weight excluding hydrogens is 340 g/mol. The molecule has 108 valence electrons. The molecule has 4 nitrogen and oxygen atoms in total. The molecule has 1 amide bonds. The van der Waals surface area contributed by atoms with Crippen LogP contribution in [0.4, 0.5) is 5.69 Å². The van der Waals surface area contributed by atoms with E-state index in [9.17, 15) is 9.90 Å². The summed E-state index contributed by atoms with van der Waals surface area (Å²) in [6, 6.07) is 5.79. The second-order valence-corrected chi connectivity index (χ2v) is 6.56. The summed E-state index contributed by atoms with van der Waals surface area (Å²) in [6.07, 6.45) is 0.874. The van der Waals surface area contributed by atoms with E-state index < -0.39 is 0 Å². The third kappa shape index (κ3) is 3.31. The van der Waals surface area contributed by atoms with Gasteiger partial charge in [-0.1, -0.05) is 22.9 Å². The van der Waals surface area contributed by atoms with Crippen LogP contribution in [0.25, 0.3) is 10.1 Å². The molecule has 2 rings (SSSR count). The van der Waals surface area contributed by atoms with Crippen LogP contribution in [0.1, 0.15) is 29.4 Å². The Morgan fingerprint density at radius 2 is 2.30 bits per heavy atom. The number of carbonyl (C=O) groups is 1. The van der Waals surface area contributed by atoms with Crippen molar-refractivity contribution in [3.05, 3.63) is 27.5 Å². The Bertz CT molecular complexity index is 627. The van der Waals surface area contributed by atoms with Crippen molar-refractivity contribution >= 4 is 48.9 Å². The average Bonchev–Trinajstić information content (AvgIpc) is 2.75. The van der Waals surface area contributed by atoms with Crippen molar-refractivity contribution in [3.8, 4) is 0 Å². The van der Waals surface area contributed by atoms with Gasteiger partial charge in [-0.3, -0.25) is 4.79 Å². The lowest BCUT2D eigenvalue weighted by atomic mass is 10.2. The van der Waals surface area contributed by atoms with Gasteiger partial charge in [-0.25, -0.2) is 0 Å². The third-order valence-corrected chi connectivity index (χ3v) is 4.81. The highest BCUT2D eigenvalue weighted by Gasteiger charge is 2.16. The number of aliphatic hydroxyl groups excluding tert-OH is 1. The number of benzene rings is 1. The van der Waals surface area contributed by atoms with E-state index in [1.165, 1.54) is 11.3 Å². The molecule has 1 aromatic carbocycles. The molecule has 1 aromatic heterocycles. The second kappa shape index (κ2) is 6.56. The monoisotopic (exact) mass is 356 g/mol. The zero-order valence-corrected chi connectivity index (χ0v) is 13.6. The van der Waals surface area contributed by atoms with Crippen molar-refractivity contribution in [1.29, 1.82) is 0 Å². The molecule has 1 heterocycles.